The first-order chi connectivity index (χ1) is 15.4. The van der Waals surface area contributed by atoms with Gasteiger partial charge in [0.1, 0.15) is 5.69 Å². The second-order valence-electron chi connectivity index (χ2n) is 7.10. The first-order valence-electron chi connectivity index (χ1n) is 9.62. The molecule has 1 amide bonds. The van der Waals surface area contributed by atoms with Gasteiger partial charge in [-0.1, -0.05) is 5.16 Å². The number of H-pyrrole nitrogens is 1. The fraction of sp³-hybridized carbons (Fsp3) is 0.250. The highest BCUT2D eigenvalue weighted by Gasteiger charge is 2.38. The summed E-state index contributed by atoms with van der Waals surface area (Å²) < 4.78 is 47.8. The fourth-order valence-electron chi connectivity index (χ4n) is 3.39. The zero-order chi connectivity index (χ0) is 22.3. The lowest BCUT2D eigenvalue weighted by Crippen LogP contribution is -2.40. The molecule has 0 aromatic carbocycles. The molecule has 0 atom stereocenters. The number of amides is 1. The maximum Gasteiger partial charge on any atom is 0.471 e. The first-order valence-corrected chi connectivity index (χ1v) is 9.62. The van der Waals surface area contributed by atoms with Crippen molar-refractivity contribution in [1.82, 2.24) is 30.0 Å². The minimum absolute atomic E-state index is 0.122. The number of nitrogens with one attached hydrogen (secondary N) is 1. The number of pyridine rings is 2. The Kier molecular flexibility index (Phi) is 4.85. The lowest BCUT2D eigenvalue weighted by Gasteiger charge is -2.26. The van der Waals surface area contributed by atoms with E-state index in [0.29, 0.717) is 54.5 Å². The number of nitrogens with zero attached hydrogens (tertiary/aromatic N) is 5. The predicted octanol–water partition coefficient (Wildman–Crippen LogP) is 3.17. The first kappa shape index (κ1) is 20.1. The summed E-state index contributed by atoms with van der Waals surface area (Å²) in [6.45, 7) is 2.07. The molecule has 0 aliphatic carbocycles. The van der Waals surface area contributed by atoms with Gasteiger partial charge in [-0.15, -0.1) is 0 Å². The van der Waals surface area contributed by atoms with Gasteiger partial charge in [-0.25, -0.2) is 0 Å². The molecule has 32 heavy (non-hydrogen) atoms. The van der Waals surface area contributed by atoms with Crippen molar-refractivity contribution in [3.63, 3.8) is 0 Å². The van der Waals surface area contributed by atoms with Crippen molar-refractivity contribution < 1.29 is 27.2 Å². The van der Waals surface area contributed by atoms with Crippen molar-refractivity contribution in [3.8, 4) is 22.8 Å². The number of aromatic amines is 1. The number of hydrogen-bond donors (Lipinski definition) is 1. The minimum Gasteiger partial charge on any atom is -0.378 e. The van der Waals surface area contributed by atoms with Crippen LogP contribution in [0.1, 0.15) is 16.4 Å². The number of halogens is 3. The molecule has 0 unspecified atom stereocenters. The zero-order valence-electron chi connectivity index (χ0n) is 16.4. The average molecular weight is 444 g/mol. The van der Waals surface area contributed by atoms with Crippen LogP contribution in [0.25, 0.3) is 33.7 Å². The van der Waals surface area contributed by atoms with E-state index < -0.39 is 12.1 Å². The van der Waals surface area contributed by atoms with Crippen LogP contribution in [0.4, 0.5) is 13.2 Å². The quantitative estimate of drug-likeness (QED) is 0.517. The minimum atomic E-state index is -4.72. The summed E-state index contributed by atoms with van der Waals surface area (Å²) >= 11 is 0. The number of fused-ring (bicyclic) bond motifs is 1. The Morgan fingerprint density at radius 3 is 2.62 bits per heavy atom. The molecular formula is C20H15F3N6O3. The van der Waals surface area contributed by atoms with E-state index in [-0.39, 0.29) is 11.7 Å². The number of rotatable bonds is 3. The van der Waals surface area contributed by atoms with Gasteiger partial charge in [0.2, 0.25) is 5.82 Å². The van der Waals surface area contributed by atoms with E-state index in [1.807, 2.05) is 0 Å². The summed E-state index contributed by atoms with van der Waals surface area (Å²) in [5.74, 6) is -1.75. The largest absolute Gasteiger partial charge is 0.471 e. The SMILES string of the molecule is O=C(c1cc2cc(-c3cc(-c4noc(C(F)(F)F)n4)ccn3)ncc2[nH]1)N1CCOCC1. The Morgan fingerprint density at radius 2 is 1.88 bits per heavy atom. The number of ether oxygens (including phenoxy) is 1. The number of carbonyl (C=O) groups excluding carboxylic acids is 1. The lowest BCUT2D eigenvalue weighted by molar-refractivity contribution is -0.159. The summed E-state index contributed by atoms with van der Waals surface area (Å²) in [5.41, 5.74) is 2.30. The second-order valence-corrected chi connectivity index (χ2v) is 7.10. The molecule has 5 rings (SSSR count). The highest BCUT2D eigenvalue weighted by molar-refractivity contribution is 5.98. The molecule has 5 heterocycles. The Labute approximate surface area is 178 Å². The zero-order valence-corrected chi connectivity index (χ0v) is 16.4. The fourth-order valence-corrected chi connectivity index (χ4v) is 3.39. The second kappa shape index (κ2) is 7.71. The average Bonchev–Trinajstić information content (AvgIpc) is 3.46. The number of aromatic nitrogens is 5. The van der Waals surface area contributed by atoms with Gasteiger partial charge in [0.05, 0.1) is 36.3 Å². The van der Waals surface area contributed by atoms with Gasteiger partial charge in [0, 0.05) is 30.2 Å². The Hall–Kier alpha value is -3.80. The summed E-state index contributed by atoms with van der Waals surface area (Å²) in [6, 6.07) is 6.47. The normalized spacial score (nSPS) is 14.8. The van der Waals surface area contributed by atoms with Crippen LogP contribution >= 0.6 is 0 Å². The van der Waals surface area contributed by atoms with Gasteiger partial charge < -0.3 is 19.1 Å². The van der Waals surface area contributed by atoms with Crippen LogP contribution in [-0.4, -0.2) is 62.2 Å². The summed E-state index contributed by atoms with van der Waals surface area (Å²) in [7, 11) is 0. The van der Waals surface area contributed by atoms with Crippen LogP contribution < -0.4 is 0 Å². The highest BCUT2D eigenvalue weighted by Crippen LogP contribution is 2.30. The van der Waals surface area contributed by atoms with E-state index in [4.69, 9.17) is 4.74 Å². The molecule has 4 aromatic heterocycles. The van der Waals surface area contributed by atoms with Crippen LogP contribution in [0.3, 0.4) is 0 Å². The maximum atomic E-state index is 12.7. The van der Waals surface area contributed by atoms with Gasteiger partial charge in [-0.2, -0.15) is 18.2 Å². The molecular weight excluding hydrogens is 429 g/mol. The number of alkyl halides is 3. The molecule has 0 saturated carbocycles. The Balaban J connectivity index is 1.44. The lowest BCUT2D eigenvalue weighted by atomic mass is 10.1. The van der Waals surface area contributed by atoms with Crippen LogP contribution in [0.5, 0.6) is 0 Å². The van der Waals surface area contributed by atoms with Gasteiger partial charge >= 0.3 is 12.1 Å². The van der Waals surface area contributed by atoms with E-state index in [2.05, 4.69) is 29.6 Å². The van der Waals surface area contributed by atoms with E-state index in [0.717, 1.165) is 5.39 Å². The maximum absolute atomic E-state index is 12.7. The number of morpholine rings is 1. The summed E-state index contributed by atoms with van der Waals surface area (Å²) in [4.78, 5) is 29.5. The molecule has 1 N–H and O–H groups in total. The van der Waals surface area contributed by atoms with Gasteiger partial charge in [-0.3, -0.25) is 14.8 Å². The third-order valence-corrected chi connectivity index (χ3v) is 4.98. The third-order valence-electron chi connectivity index (χ3n) is 4.98. The smallest absolute Gasteiger partial charge is 0.378 e. The Bertz CT molecular complexity index is 1290. The molecule has 0 bridgehead atoms. The topological polar surface area (TPSA) is 110 Å². The van der Waals surface area contributed by atoms with Crippen molar-refractivity contribution in [2.24, 2.45) is 0 Å². The molecule has 164 valence electrons. The van der Waals surface area contributed by atoms with E-state index >= 15 is 0 Å². The number of hydrogen-bond acceptors (Lipinski definition) is 7. The molecule has 1 aliphatic rings. The summed E-state index contributed by atoms with van der Waals surface area (Å²) in [6.07, 6.45) is -1.73. The third kappa shape index (κ3) is 3.80. The van der Waals surface area contributed by atoms with Crippen LogP contribution in [-0.2, 0) is 10.9 Å². The van der Waals surface area contributed by atoms with Gasteiger partial charge in [0.25, 0.3) is 5.91 Å². The van der Waals surface area contributed by atoms with E-state index in [1.165, 1.54) is 18.3 Å². The molecule has 1 fully saturated rings. The van der Waals surface area contributed by atoms with E-state index in [9.17, 15) is 18.0 Å². The molecule has 0 spiro atoms. The van der Waals surface area contributed by atoms with Gasteiger partial charge in [0.15, 0.2) is 0 Å². The summed E-state index contributed by atoms with van der Waals surface area (Å²) in [5, 5.41) is 4.14. The monoisotopic (exact) mass is 444 g/mol. The molecule has 9 nitrogen and oxygen atoms in total. The molecule has 1 aliphatic heterocycles. The van der Waals surface area contributed by atoms with Crippen molar-refractivity contribution >= 4 is 16.8 Å². The molecule has 0 radical (unpaired) electrons. The van der Waals surface area contributed by atoms with E-state index in [1.54, 1.807) is 23.2 Å². The predicted molar refractivity (Wildman–Crippen MR) is 104 cm³/mol. The standard InChI is InChI=1S/C20H15F3N6O3/c21-20(22,23)19-27-17(28-32-19)11-1-2-24-13(7-11)14-8-12-9-15(26-16(12)10-25-14)18(30)29-3-5-31-6-4-29/h1-2,7-10,26H,3-6H2. The van der Waals surface area contributed by atoms with Crippen LogP contribution in [0.2, 0.25) is 0 Å². The van der Waals surface area contributed by atoms with Gasteiger partial charge in [-0.05, 0) is 24.3 Å². The van der Waals surface area contributed by atoms with Crippen molar-refractivity contribution in [2.75, 3.05) is 26.3 Å². The molecule has 4 aromatic rings. The molecule has 12 heteroatoms. The molecule has 1 saturated heterocycles. The Morgan fingerprint density at radius 1 is 1.09 bits per heavy atom. The van der Waals surface area contributed by atoms with Crippen molar-refractivity contribution in [2.45, 2.75) is 6.18 Å². The van der Waals surface area contributed by atoms with Crippen molar-refractivity contribution in [3.05, 3.63) is 48.2 Å². The van der Waals surface area contributed by atoms with Crippen LogP contribution in [0.15, 0.2) is 41.2 Å². The van der Waals surface area contributed by atoms with Crippen LogP contribution in [0, 0.1) is 0 Å². The van der Waals surface area contributed by atoms with Crippen molar-refractivity contribution in [1.29, 1.82) is 0 Å². The number of carbonyl (C=O) groups is 1. The highest BCUT2D eigenvalue weighted by atomic mass is 19.4.